The Labute approximate surface area is 406 Å². The number of amides is 1. The molecule has 1 unspecified atom stereocenters. The van der Waals surface area contributed by atoms with Crippen molar-refractivity contribution >= 4 is 93.4 Å². The number of rotatable bonds is 13. The van der Waals surface area contributed by atoms with Crippen LogP contribution in [0.5, 0.6) is 17.2 Å². The van der Waals surface area contributed by atoms with Crippen LogP contribution in [0.1, 0.15) is 82.8 Å². The number of ether oxygens (including phenoxy) is 3. The zero-order valence-electron chi connectivity index (χ0n) is 35.7. The number of carbonyl (C=O) groups is 3. The van der Waals surface area contributed by atoms with Gasteiger partial charge in [-0.1, -0.05) is 121 Å². The molecule has 5 heterocycles. The fraction of sp³-hybridized carbons (Fsp3) is 0.294. The minimum absolute atomic E-state index is 0.0195. The summed E-state index contributed by atoms with van der Waals surface area (Å²) in [6.07, 6.45) is 8.33. The van der Waals surface area contributed by atoms with E-state index in [9.17, 15) is 14.4 Å². The molecule has 0 aliphatic carbocycles. The number of thioether (sulfide) groups is 1. The van der Waals surface area contributed by atoms with Gasteiger partial charge in [-0.2, -0.15) is 9.59 Å². The van der Waals surface area contributed by atoms with Crippen LogP contribution in [0, 0.1) is 5.92 Å². The first-order valence-corrected chi connectivity index (χ1v) is 24.3. The highest BCUT2D eigenvalue weighted by molar-refractivity contribution is 8.00. The lowest BCUT2D eigenvalue weighted by Crippen LogP contribution is -2.58. The minimum atomic E-state index is -1.59. The van der Waals surface area contributed by atoms with Gasteiger partial charge in [-0.3, -0.25) is 9.59 Å². The number of nitrogens with zero attached hydrogens (tertiary/aromatic N) is 2. The summed E-state index contributed by atoms with van der Waals surface area (Å²) in [7, 11) is 0. The molecule has 5 aromatic rings. The number of Topliss-reactive ketones (excluding diaryl/α,β-unsaturated/α-hetero) is 1. The molecule has 0 bridgehead atoms. The molecule has 66 heavy (non-hydrogen) atoms. The van der Waals surface area contributed by atoms with Gasteiger partial charge in [0.2, 0.25) is 5.91 Å². The number of carbonyl (C=O) groups excluding carboxylic acids is 5. The number of hydrogen-bond acceptors (Lipinski definition) is 10. The van der Waals surface area contributed by atoms with Crippen molar-refractivity contribution in [2.24, 2.45) is 5.92 Å². The van der Waals surface area contributed by atoms with Crippen molar-refractivity contribution in [1.82, 2.24) is 4.90 Å². The number of esters is 1. The number of anilines is 2. The third kappa shape index (κ3) is 8.18. The summed E-state index contributed by atoms with van der Waals surface area (Å²) in [6.45, 7) is 3.19. The molecule has 5 aromatic carbocycles. The maximum absolute atomic E-state index is 14.1. The van der Waals surface area contributed by atoms with Gasteiger partial charge in [0, 0.05) is 71.5 Å². The molecule has 0 radical (unpaired) electrons. The smallest absolute Gasteiger partial charge is 0.373 e. The molecule has 338 valence electrons. The fourth-order valence-corrected chi connectivity index (χ4v) is 12.0. The SMILES string of the molecule is CCCCCCc1cc2c(cc1OCC1=CN3C(=O)[C@H](CC(=O)Cc4ccccc4)[C@@H]3SC1)Oc1cc(N3CCc4ccccc43)ccc1C21OC(=O)c2c(Cl)c(Cl)c(Cl)c(Cl)c21.O=C=O. The van der Waals surface area contributed by atoms with Crippen LogP contribution >= 0.6 is 58.2 Å². The summed E-state index contributed by atoms with van der Waals surface area (Å²) in [4.78, 5) is 60.7. The maximum Gasteiger partial charge on any atom is 0.373 e. The van der Waals surface area contributed by atoms with Crippen molar-refractivity contribution in [3.8, 4) is 17.2 Å². The van der Waals surface area contributed by atoms with Crippen LogP contribution in [0.4, 0.5) is 11.4 Å². The normalized spacial score (nSPS) is 19.4. The Morgan fingerprint density at radius 2 is 1.62 bits per heavy atom. The highest BCUT2D eigenvalue weighted by Gasteiger charge is 2.57. The van der Waals surface area contributed by atoms with Gasteiger partial charge in [0.15, 0.2) is 5.60 Å². The molecule has 0 aromatic heterocycles. The van der Waals surface area contributed by atoms with Gasteiger partial charge in [-0.25, -0.2) is 4.79 Å². The molecule has 5 aliphatic rings. The first kappa shape index (κ1) is 45.9. The van der Waals surface area contributed by atoms with Crippen LogP contribution in [0.25, 0.3) is 0 Å². The summed E-state index contributed by atoms with van der Waals surface area (Å²) < 4.78 is 20.1. The van der Waals surface area contributed by atoms with Crippen LogP contribution in [-0.4, -0.2) is 53.0 Å². The van der Waals surface area contributed by atoms with E-state index in [1.165, 1.54) is 5.56 Å². The monoisotopic (exact) mass is 982 g/mol. The first-order valence-electron chi connectivity index (χ1n) is 21.7. The molecule has 1 saturated heterocycles. The summed E-state index contributed by atoms with van der Waals surface area (Å²) >= 11 is 28.9. The van der Waals surface area contributed by atoms with E-state index in [-0.39, 0.29) is 67.8 Å². The molecular weight excluding hydrogens is 942 g/mol. The van der Waals surface area contributed by atoms with E-state index in [0.717, 1.165) is 66.7 Å². The number of unbranched alkanes of at least 4 members (excludes halogenated alkanes) is 3. The van der Waals surface area contributed by atoms with Crippen LogP contribution in [0.15, 0.2) is 96.7 Å². The lowest BCUT2D eigenvalue weighted by molar-refractivity contribution is -0.191. The highest BCUT2D eigenvalue weighted by Crippen LogP contribution is 2.62. The van der Waals surface area contributed by atoms with E-state index in [2.05, 4.69) is 24.0 Å². The number of halogens is 4. The Hall–Kier alpha value is -5.26. The summed E-state index contributed by atoms with van der Waals surface area (Å²) in [5.41, 5.74) is 5.98. The van der Waals surface area contributed by atoms with Crippen LogP contribution < -0.4 is 14.4 Å². The maximum atomic E-state index is 14.1. The molecule has 0 N–H and O–H groups in total. The molecule has 10 rings (SSSR count). The molecule has 10 nitrogen and oxygen atoms in total. The van der Waals surface area contributed by atoms with E-state index in [0.29, 0.717) is 52.5 Å². The zero-order valence-corrected chi connectivity index (χ0v) is 39.5. The molecule has 0 saturated carbocycles. The van der Waals surface area contributed by atoms with Gasteiger partial charge in [0.05, 0.1) is 36.9 Å². The van der Waals surface area contributed by atoms with Crippen LogP contribution in [-0.2, 0) is 48.8 Å². The van der Waals surface area contributed by atoms with Crippen molar-refractivity contribution in [3.63, 3.8) is 0 Å². The second-order valence-corrected chi connectivity index (χ2v) is 19.4. The van der Waals surface area contributed by atoms with Crippen molar-refractivity contribution in [1.29, 1.82) is 0 Å². The van der Waals surface area contributed by atoms with E-state index >= 15 is 0 Å². The zero-order chi connectivity index (χ0) is 46.3. The van der Waals surface area contributed by atoms with Crippen molar-refractivity contribution < 1.29 is 38.2 Å². The average molecular weight is 985 g/mol. The lowest BCUT2D eigenvalue weighted by atomic mass is 9.76. The second kappa shape index (κ2) is 19.2. The predicted octanol–water partition coefficient (Wildman–Crippen LogP) is 12.1. The minimum Gasteiger partial charge on any atom is -0.489 e. The Bertz CT molecular complexity index is 2850. The quantitative estimate of drug-likeness (QED) is 0.0371. The Morgan fingerprint density at radius 1 is 0.879 bits per heavy atom. The number of aryl methyl sites for hydroxylation is 1. The number of benzene rings is 5. The largest absolute Gasteiger partial charge is 0.489 e. The molecule has 1 fully saturated rings. The third-order valence-electron chi connectivity index (χ3n) is 12.7. The molecule has 1 amide bonds. The van der Waals surface area contributed by atoms with Crippen LogP contribution in [0.3, 0.4) is 0 Å². The number of hydrogen-bond donors (Lipinski definition) is 0. The molecule has 1 spiro atoms. The van der Waals surface area contributed by atoms with Crippen molar-refractivity contribution in [2.45, 2.75) is 69.3 Å². The standard InChI is InChI=1S/C50H42Cl4N2O6S.CO2/c1-2-3-4-8-14-31-21-36-40(24-38(31)60-26-29-25-56-47(58)34(48(56)63-27-29)23-33(57)20-28-11-6-5-7-12-28)61-39-22-32(55-19-18-30-13-9-10-15-37(30)55)16-17-35(39)50(36)42-41(49(59)62-50)43(51)45(53)46(54)44(42)52;2-1-3/h5-7,9-13,15-17,21-22,24-25,34,48H,2-4,8,14,18-20,23,26-27H2,1H3;/t34-,48-,50?;/m0./s1. The van der Waals surface area contributed by atoms with E-state index in [1.807, 2.05) is 79.0 Å². The lowest BCUT2D eigenvalue weighted by Gasteiger charge is -2.47. The summed E-state index contributed by atoms with van der Waals surface area (Å²) in [5.74, 6) is 1.16. The van der Waals surface area contributed by atoms with E-state index in [4.69, 9.17) is 70.2 Å². The topological polar surface area (TPSA) is 120 Å². The Balaban J connectivity index is 0.00000178. The number of ketones is 1. The molecule has 3 atom stereocenters. The van der Waals surface area contributed by atoms with Gasteiger partial charge >= 0.3 is 12.1 Å². The van der Waals surface area contributed by atoms with Crippen molar-refractivity contribution in [2.75, 3.05) is 23.8 Å². The fourth-order valence-electron chi connectivity index (χ4n) is 9.63. The highest BCUT2D eigenvalue weighted by atomic mass is 35.5. The van der Waals surface area contributed by atoms with Gasteiger partial charge < -0.3 is 24.0 Å². The molecule has 5 aliphatic heterocycles. The second-order valence-electron chi connectivity index (χ2n) is 16.8. The van der Waals surface area contributed by atoms with Gasteiger partial charge in [0.1, 0.15) is 29.6 Å². The molecular formula is C51H42Cl4N2O8S. The van der Waals surface area contributed by atoms with Gasteiger partial charge in [-0.15, -0.1) is 11.8 Å². The third-order valence-corrected chi connectivity index (χ3v) is 16.0. The Kier molecular flexibility index (Phi) is 13.3. The number of β-lactam (4-membered cyclic amide) rings is 1. The predicted molar refractivity (Wildman–Crippen MR) is 255 cm³/mol. The van der Waals surface area contributed by atoms with E-state index < -0.39 is 11.6 Å². The van der Waals surface area contributed by atoms with Crippen LogP contribution in [0.2, 0.25) is 20.1 Å². The van der Waals surface area contributed by atoms with Gasteiger partial charge in [0.25, 0.3) is 0 Å². The Morgan fingerprint density at radius 3 is 2.41 bits per heavy atom. The summed E-state index contributed by atoms with van der Waals surface area (Å²) in [5, 5.41) is -0.0552. The number of fused-ring (bicyclic) bond motifs is 8. The first-order chi connectivity index (χ1) is 32.0. The number of para-hydroxylation sites is 1. The average Bonchev–Trinajstić information content (AvgIpc) is 3.90. The van der Waals surface area contributed by atoms with E-state index in [1.54, 1.807) is 16.7 Å². The summed E-state index contributed by atoms with van der Waals surface area (Å²) in [6, 6.07) is 27.7. The molecule has 15 heteroatoms. The van der Waals surface area contributed by atoms with Crippen molar-refractivity contribution in [3.05, 3.63) is 156 Å². The van der Waals surface area contributed by atoms with Gasteiger partial charge in [-0.05, 0) is 65.8 Å².